The minimum atomic E-state index is -0.358. The van der Waals surface area contributed by atoms with E-state index in [1.165, 1.54) is 0 Å². The van der Waals surface area contributed by atoms with Crippen molar-refractivity contribution in [1.29, 1.82) is 0 Å². The number of esters is 1. The summed E-state index contributed by atoms with van der Waals surface area (Å²) in [6, 6.07) is 6.00. The third-order valence-corrected chi connectivity index (χ3v) is 4.74. The predicted octanol–water partition coefficient (Wildman–Crippen LogP) is 4.50. The van der Waals surface area contributed by atoms with Crippen LogP contribution in [0.5, 0.6) is 5.75 Å². The van der Waals surface area contributed by atoms with Crippen LogP contribution in [0.1, 0.15) is 77.3 Å². The largest absolute Gasteiger partial charge is 0.426 e. The molecule has 0 bridgehead atoms. The number of likely N-dealkylation sites (N-methyl/N-ethyl adjacent to an activating group) is 1. The Labute approximate surface area is 176 Å². The zero-order chi connectivity index (χ0) is 20.4. The Morgan fingerprint density at radius 2 is 1.54 bits per heavy atom. The van der Waals surface area contributed by atoms with Gasteiger partial charge in [0.2, 0.25) is 5.91 Å². The van der Waals surface area contributed by atoms with Gasteiger partial charge in [-0.25, -0.2) is 0 Å². The molecule has 6 heteroatoms. The van der Waals surface area contributed by atoms with E-state index < -0.39 is 0 Å². The molecule has 0 radical (unpaired) electrons. The van der Waals surface area contributed by atoms with Crippen LogP contribution in [0.25, 0.3) is 0 Å². The van der Waals surface area contributed by atoms with Gasteiger partial charge in [0.15, 0.2) is 0 Å². The van der Waals surface area contributed by atoms with Gasteiger partial charge < -0.3 is 15.0 Å². The molecular weight excluding hydrogens is 376 g/mol. The molecule has 1 aromatic rings. The summed E-state index contributed by atoms with van der Waals surface area (Å²) in [5, 5.41) is 2.87. The minimum absolute atomic E-state index is 0. The van der Waals surface area contributed by atoms with E-state index in [4.69, 9.17) is 4.74 Å². The molecule has 5 nitrogen and oxygen atoms in total. The molecule has 1 N–H and O–H groups in total. The van der Waals surface area contributed by atoms with Gasteiger partial charge in [-0.05, 0) is 36.1 Å². The predicted molar refractivity (Wildman–Crippen MR) is 118 cm³/mol. The molecule has 1 amide bonds. The van der Waals surface area contributed by atoms with Crippen molar-refractivity contribution in [2.24, 2.45) is 0 Å². The highest BCUT2D eigenvalue weighted by Crippen LogP contribution is 2.34. The van der Waals surface area contributed by atoms with Crippen LogP contribution in [0.2, 0.25) is 0 Å². The van der Waals surface area contributed by atoms with Crippen molar-refractivity contribution < 1.29 is 14.3 Å². The number of nitrogens with zero attached hydrogens (tertiary/aromatic N) is 1. The van der Waals surface area contributed by atoms with E-state index in [2.05, 4.69) is 51.8 Å². The van der Waals surface area contributed by atoms with Gasteiger partial charge in [0.25, 0.3) is 0 Å². The van der Waals surface area contributed by atoms with E-state index in [0.29, 0.717) is 12.3 Å². The Hall–Kier alpha value is -1.59. The summed E-state index contributed by atoms with van der Waals surface area (Å²) in [6.45, 7) is 15.9. The summed E-state index contributed by atoms with van der Waals surface area (Å²) in [4.78, 5) is 26.5. The van der Waals surface area contributed by atoms with Crippen LogP contribution >= 0.6 is 12.4 Å². The molecule has 1 aromatic carbocycles. The van der Waals surface area contributed by atoms with Gasteiger partial charge in [-0.1, -0.05) is 59.7 Å². The number of amides is 1. The van der Waals surface area contributed by atoms with Crippen molar-refractivity contribution in [1.82, 2.24) is 10.2 Å². The Balaban J connectivity index is 0.00000729. The standard InChI is InChI=1S/C22H36N2O3.ClH/c1-7-24(8-2)15-14-23-20(25)12-13-21(26)27-22-18(16(3)4)10-9-11-19(22)17(5)6;/h9-11,16-17H,7-8,12-15H2,1-6H3,(H,23,25);1H. The van der Waals surface area contributed by atoms with Gasteiger partial charge in [0.1, 0.15) is 5.75 Å². The third kappa shape index (κ3) is 8.61. The summed E-state index contributed by atoms with van der Waals surface area (Å²) >= 11 is 0. The van der Waals surface area contributed by atoms with Crippen molar-refractivity contribution in [2.75, 3.05) is 26.2 Å². The van der Waals surface area contributed by atoms with Gasteiger partial charge in [0.05, 0.1) is 6.42 Å². The highest BCUT2D eigenvalue weighted by molar-refractivity contribution is 5.85. The summed E-state index contributed by atoms with van der Waals surface area (Å²) in [7, 11) is 0. The highest BCUT2D eigenvalue weighted by Gasteiger charge is 2.18. The van der Waals surface area contributed by atoms with E-state index in [1.54, 1.807) is 0 Å². The molecule has 160 valence electrons. The number of nitrogens with one attached hydrogen (secondary N) is 1. The normalized spacial score (nSPS) is 10.9. The molecule has 0 heterocycles. The van der Waals surface area contributed by atoms with Crippen LogP contribution in [-0.4, -0.2) is 43.0 Å². The summed E-state index contributed by atoms with van der Waals surface area (Å²) < 4.78 is 5.70. The number of rotatable bonds is 11. The second-order valence-corrected chi connectivity index (χ2v) is 7.43. The number of carbonyl (C=O) groups is 2. The highest BCUT2D eigenvalue weighted by atomic mass is 35.5. The first kappa shape index (κ1) is 26.4. The van der Waals surface area contributed by atoms with Gasteiger partial charge in [0, 0.05) is 19.5 Å². The number of hydrogen-bond donors (Lipinski definition) is 1. The van der Waals surface area contributed by atoms with E-state index >= 15 is 0 Å². The number of para-hydroxylation sites is 1. The van der Waals surface area contributed by atoms with Gasteiger partial charge in [-0.15, -0.1) is 12.4 Å². The fourth-order valence-corrected chi connectivity index (χ4v) is 2.96. The van der Waals surface area contributed by atoms with Crippen LogP contribution in [-0.2, 0) is 9.59 Å². The summed E-state index contributed by atoms with van der Waals surface area (Å²) in [6.07, 6.45) is 0.235. The van der Waals surface area contributed by atoms with Crippen LogP contribution in [0.4, 0.5) is 0 Å². The first-order valence-electron chi connectivity index (χ1n) is 10.1. The van der Waals surface area contributed by atoms with E-state index in [-0.39, 0.29) is 49.0 Å². The molecule has 0 aliphatic heterocycles. The summed E-state index contributed by atoms with van der Waals surface area (Å²) in [5.74, 6) is 0.711. The first-order valence-corrected chi connectivity index (χ1v) is 10.1. The molecule has 0 aromatic heterocycles. The minimum Gasteiger partial charge on any atom is -0.426 e. The lowest BCUT2D eigenvalue weighted by Crippen LogP contribution is -2.35. The lowest BCUT2D eigenvalue weighted by Gasteiger charge is -2.19. The van der Waals surface area contributed by atoms with Crippen LogP contribution in [0.3, 0.4) is 0 Å². The SMILES string of the molecule is CCN(CC)CCNC(=O)CCC(=O)Oc1c(C(C)C)cccc1C(C)C.Cl. The van der Waals surface area contributed by atoms with Crippen molar-refractivity contribution in [3.05, 3.63) is 29.3 Å². The Morgan fingerprint density at radius 1 is 1.00 bits per heavy atom. The average Bonchev–Trinajstić information content (AvgIpc) is 2.63. The maximum absolute atomic E-state index is 12.3. The molecular formula is C22H37ClN2O3. The average molecular weight is 413 g/mol. The summed E-state index contributed by atoms with van der Waals surface area (Å²) in [5.41, 5.74) is 2.05. The number of benzene rings is 1. The molecule has 0 spiro atoms. The van der Waals surface area contributed by atoms with Crippen LogP contribution in [0, 0.1) is 0 Å². The van der Waals surface area contributed by atoms with Gasteiger partial charge >= 0.3 is 5.97 Å². The third-order valence-electron chi connectivity index (χ3n) is 4.74. The van der Waals surface area contributed by atoms with Gasteiger partial charge in [-0.2, -0.15) is 0 Å². The molecule has 1 rings (SSSR count). The van der Waals surface area contributed by atoms with Crippen molar-refractivity contribution in [2.45, 2.75) is 66.2 Å². The number of carbonyl (C=O) groups excluding carboxylic acids is 2. The molecule has 0 unspecified atom stereocenters. The Morgan fingerprint density at radius 3 is 2.00 bits per heavy atom. The molecule has 0 aliphatic carbocycles. The maximum atomic E-state index is 12.3. The van der Waals surface area contributed by atoms with E-state index in [9.17, 15) is 9.59 Å². The van der Waals surface area contributed by atoms with Crippen molar-refractivity contribution >= 4 is 24.3 Å². The van der Waals surface area contributed by atoms with Gasteiger partial charge in [-0.3, -0.25) is 9.59 Å². The smallest absolute Gasteiger partial charge is 0.311 e. The molecule has 0 fully saturated rings. The Bertz CT molecular complexity index is 588. The topological polar surface area (TPSA) is 58.6 Å². The second-order valence-electron chi connectivity index (χ2n) is 7.43. The fourth-order valence-electron chi connectivity index (χ4n) is 2.96. The quantitative estimate of drug-likeness (QED) is 0.429. The van der Waals surface area contributed by atoms with E-state index in [1.807, 2.05) is 18.2 Å². The lowest BCUT2D eigenvalue weighted by molar-refractivity contribution is -0.136. The van der Waals surface area contributed by atoms with Crippen molar-refractivity contribution in [3.63, 3.8) is 0 Å². The van der Waals surface area contributed by atoms with Crippen LogP contribution < -0.4 is 10.1 Å². The monoisotopic (exact) mass is 412 g/mol. The van der Waals surface area contributed by atoms with Crippen molar-refractivity contribution in [3.8, 4) is 5.75 Å². The maximum Gasteiger partial charge on any atom is 0.311 e. The molecule has 0 aliphatic rings. The molecule has 0 saturated heterocycles. The van der Waals surface area contributed by atoms with Crippen LogP contribution in [0.15, 0.2) is 18.2 Å². The first-order chi connectivity index (χ1) is 12.8. The molecule has 0 saturated carbocycles. The second kappa shape index (κ2) is 13.6. The fraction of sp³-hybridized carbons (Fsp3) is 0.636. The lowest BCUT2D eigenvalue weighted by atomic mass is 9.94. The Kier molecular flexibility index (Phi) is 12.8. The molecule has 28 heavy (non-hydrogen) atoms. The van der Waals surface area contributed by atoms with E-state index in [0.717, 1.165) is 30.8 Å². The zero-order valence-electron chi connectivity index (χ0n) is 18.2. The number of halogens is 1. The number of hydrogen-bond acceptors (Lipinski definition) is 4. The zero-order valence-corrected chi connectivity index (χ0v) is 19.0. The molecule has 0 atom stereocenters. The number of ether oxygens (including phenoxy) is 1.